The molecule has 0 bridgehead atoms. The zero-order valence-electron chi connectivity index (χ0n) is 12.5. The highest BCUT2D eigenvalue weighted by molar-refractivity contribution is 7.91. The van der Waals surface area contributed by atoms with E-state index in [1.807, 2.05) is 42.5 Å². The molecule has 0 fully saturated rings. The number of carboxylic acid groups (broad SMARTS) is 1. The number of rotatable bonds is 6. The number of carbonyl (C=O) groups is 1. The summed E-state index contributed by atoms with van der Waals surface area (Å²) in [5, 5.41) is 13.1. The number of sulfonamides is 1. The number of carboxylic acids is 1. The first-order valence-corrected chi connectivity index (χ1v) is 9.58. The minimum absolute atomic E-state index is 0.0742. The predicted octanol–water partition coefficient (Wildman–Crippen LogP) is 2.88. The van der Waals surface area contributed by atoms with E-state index in [0.717, 1.165) is 27.7 Å². The van der Waals surface area contributed by atoms with Crippen LogP contribution in [0.4, 0.5) is 0 Å². The van der Waals surface area contributed by atoms with Crippen molar-refractivity contribution in [2.75, 3.05) is 0 Å². The number of hydrogen-bond donors (Lipinski definition) is 2. The van der Waals surface area contributed by atoms with Crippen LogP contribution in [0.5, 0.6) is 0 Å². The number of nitrogens with one attached hydrogen (secondary N) is 1. The van der Waals surface area contributed by atoms with Crippen LogP contribution in [0.1, 0.15) is 5.56 Å². The minimum Gasteiger partial charge on any atom is -0.480 e. The Morgan fingerprint density at radius 2 is 1.83 bits per heavy atom. The second kappa shape index (κ2) is 6.72. The summed E-state index contributed by atoms with van der Waals surface area (Å²) >= 11 is 1.05. The molecular weight excluding hydrogens is 346 g/mol. The van der Waals surface area contributed by atoms with Crippen LogP contribution < -0.4 is 4.72 Å². The van der Waals surface area contributed by atoms with Crippen molar-refractivity contribution in [2.45, 2.75) is 16.7 Å². The third-order valence-corrected chi connectivity index (χ3v) is 6.48. The molecule has 24 heavy (non-hydrogen) atoms. The Balaban J connectivity index is 1.84. The summed E-state index contributed by atoms with van der Waals surface area (Å²) in [6.07, 6.45) is 0.0742. The van der Waals surface area contributed by atoms with Crippen LogP contribution in [-0.2, 0) is 21.2 Å². The average molecular weight is 361 g/mol. The van der Waals surface area contributed by atoms with Crippen molar-refractivity contribution in [2.24, 2.45) is 0 Å². The molecule has 5 nitrogen and oxygen atoms in total. The largest absolute Gasteiger partial charge is 0.480 e. The van der Waals surface area contributed by atoms with Crippen molar-refractivity contribution < 1.29 is 18.3 Å². The molecule has 1 unspecified atom stereocenters. The molecule has 2 N–H and O–H groups in total. The zero-order valence-corrected chi connectivity index (χ0v) is 14.2. The molecule has 0 aliphatic heterocycles. The Morgan fingerprint density at radius 3 is 2.50 bits per heavy atom. The van der Waals surface area contributed by atoms with Gasteiger partial charge in [-0.3, -0.25) is 4.79 Å². The standard InChI is InChI=1S/C17H15NO4S2/c19-17(20)15(18-24(21,22)16-6-3-9-23-16)11-12-7-8-13-4-1-2-5-14(13)10-12/h1-10,15,18H,11H2,(H,19,20). The van der Waals surface area contributed by atoms with Crippen LogP contribution >= 0.6 is 11.3 Å². The van der Waals surface area contributed by atoms with Gasteiger partial charge in [0.2, 0.25) is 0 Å². The van der Waals surface area contributed by atoms with Crippen LogP contribution in [0.3, 0.4) is 0 Å². The zero-order chi connectivity index (χ0) is 17.2. The molecule has 1 aromatic heterocycles. The van der Waals surface area contributed by atoms with Crippen molar-refractivity contribution >= 4 is 38.1 Å². The number of benzene rings is 2. The van der Waals surface area contributed by atoms with Crippen LogP contribution in [0.2, 0.25) is 0 Å². The van der Waals surface area contributed by atoms with E-state index in [9.17, 15) is 18.3 Å². The molecule has 124 valence electrons. The molecule has 3 aromatic rings. The van der Waals surface area contributed by atoms with E-state index in [1.165, 1.54) is 6.07 Å². The fourth-order valence-electron chi connectivity index (χ4n) is 2.44. The van der Waals surface area contributed by atoms with Gasteiger partial charge >= 0.3 is 5.97 Å². The number of thiophene rings is 1. The van der Waals surface area contributed by atoms with E-state index in [2.05, 4.69) is 4.72 Å². The maximum atomic E-state index is 12.2. The van der Waals surface area contributed by atoms with Gasteiger partial charge in [-0.2, -0.15) is 4.72 Å². The van der Waals surface area contributed by atoms with Crippen LogP contribution in [0, 0.1) is 0 Å². The van der Waals surface area contributed by atoms with E-state index >= 15 is 0 Å². The fourth-order valence-corrected chi connectivity index (χ4v) is 4.64. The first-order valence-electron chi connectivity index (χ1n) is 7.22. The SMILES string of the molecule is O=C(O)C(Cc1ccc2ccccc2c1)NS(=O)(=O)c1cccs1. The lowest BCUT2D eigenvalue weighted by Gasteiger charge is -2.14. The minimum atomic E-state index is -3.84. The van der Waals surface area contributed by atoms with Crippen molar-refractivity contribution in [3.63, 3.8) is 0 Å². The number of aliphatic carboxylic acids is 1. The molecule has 7 heteroatoms. The molecule has 0 saturated heterocycles. The Labute approximate surface area is 143 Å². The lowest BCUT2D eigenvalue weighted by Crippen LogP contribution is -2.42. The Hall–Kier alpha value is -2.22. The van der Waals surface area contributed by atoms with E-state index in [4.69, 9.17) is 0 Å². The normalized spacial score (nSPS) is 13.0. The van der Waals surface area contributed by atoms with Crippen LogP contribution in [0.15, 0.2) is 64.2 Å². The maximum Gasteiger partial charge on any atom is 0.322 e. The average Bonchev–Trinajstić information content (AvgIpc) is 3.09. The third kappa shape index (κ3) is 3.64. The lowest BCUT2D eigenvalue weighted by molar-refractivity contribution is -0.138. The highest BCUT2D eigenvalue weighted by Crippen LogP contribution is 2.19. The molecule has 2 aromatic carbocycles. The first kappa shape index (κ1) is 16.6. The molecule has 0 amide bonds. The highest BCUT2D eigenvalue weighted by Gasteiger charge is 2.26. The molecule has 0 aliphatic carbocycles. The topological polar surface area (TPSA) is 83.5 Å². The lowest BCUT2D eigenvalue weighted by atomic mass is 10.0. The summed E-state index contributed by atoms with van der Waals surface area (Å²) in [4.78, 5) is 11.5. The number of hydrogen-bond acceptors (Lipinski definition) is 4. The molecule has 1 atom stereocenters. The van der Waals surface area contributed by atoms with E-state index in [0.29, 0.717) is 0 Å². The van der Waals surface area contributed by atoms with Crippen molar-refractivity contribution in [3.8, 4) is 0 Å². The molecule has 0 aliphatic rings. The van der Waals surface area contributed by atoms with Gasteiger partial charge in [-0.15, -0.1) is 11.3 Å². The van der Waals surface area contributed by atoms with Crippen LogP contribution in [0.25, 0.3) is 10.8 Å². The van der Waals surface area contributed by atoms with Gasteiger partial charge in [0, 0.05) is 0 Å². The summed E-state index contributed by atoms with van der Waals surface area (Å²) in [5.74, 6) is -1.21. The summed E-state index contributed by atoms with van der Waals surface area (Å²) in [7, 11) is -3.84. The van der Waals surface area contributed by atoms with Crippen molar-refractivity contribution in [3.05, 3.63) is 65.5 Å². The molecule has 0 radical (unpaired) electrons. The van der Waals surface area contributed by atoms with E-state index in [1.54, 1.807) is 11.4 Å². The van der Waals surface area contributed by atoms with Gasteiger partial charge in [0.1, 0.15) is 10.3 Å². The maximum absolute atomic E-state index is 12.2. The summed E-state index contributed by atoms with van der Waals surface area (Å²) < 4.78 is 26.9. The van der Waals surface area contributed by atoms with Crippen LogP contribution in [-0.4, -0.2) is 25.5 Å². The molecule has 0 saturated carbocycles. The van der Waals surface area contributed by atoms with Gasteiger partial charge in [0.25, 0.3) is 10.0 Å². The van der Waals surface area contributed by atoms with Gasteiger partial charge in [-0.1, -0.05) is 48.5 Å². The summed E-state index contributed by atoms with van der Waals surface area (Å²) in [5.41, 5.74) is 0.759. The Morgan fingerprint density at radius 1 is 1.08 bits per heavy atom. The monoisotopic (exact) mass is 361 g/mol. The van der Waals surface area contributed by atoms with Gasteiger partial charge in [0.15, 0.2) is 0 Å². The molecule has 0 spiro atoms. The van der Waals surface area contributed by atoms with Crippen molar-refractivity contribution in [1.82, 2.24) is 4.72 Å². The number of fused-ring (bicyclic) bond motifs is 1. The van der Waals surface area contributed by atoms with Gasteiger partial charge in [-0.25, -0.2) is 8.42 Å². The molecule has 3 rings (SSSR count). The molecular formula is C17H15NO4S2. The summed E-state index contributed by atoms with van der Waals surface area (Å²) in [6.45, 7) is 0. The Bertz CT molecular complexity index is 965. The van der Waals surface area contributed by atoms with Gasteiger partial charge < -0.3 is 5.11 Å². The predicted molar refractivity (Wildman–Crippen MR) is 93.7 cm³/mol. The first-order chi connectivity index (χ1) is 11.5. The van der Waals surface area contributed by atoms with E-state index in [-0.39, 0.29) is 10.6 Å². The third-order valence-electron chi connectivity index (χ3n) is 3.61. The second-order valence-electron chi connectivity index (χ2n) is 5.33. The second-order valence-corrected chi connectivity index (χ2v) is 8.22. The van der Waals surface area contributed by atoms with E-state index < -0.39 is 22.0 Å². The highest BCUT2D eigenvalue weighted by atomic mass is 32.2. The fraction of sp³-hybridized carbons (Fsp3) is 0.118. The molecule has 1 heterocycles. The van der Waals surface area contributed by atoms with Gasteiger partial charge in [0.05, 0.1) is 0 Å². The quantitative estimate of drug-likeness (QED) is 0.707. The smallest absolute Gasteiger partial charge is 0.322 e. The Kier molecular flexibility index (Phi) is 4.66. The summed E-state index contributed by atoms with van der Waals surface area (Å²) in [6, 6.07) is 15.2. The van der Waals surface area contributed by atoms with Crippen molar-refractivity contribution in [1.29, 1.82) is 0 Å². The van der Waals surface area contributed by atoms with Gasteiger partial charge in [-0.05, 0) is 34.2 Å².